The van der Waals surface area contributed by atoms with E-state index in [1.807, 2.05) is 12.2 Å². The lowest BCUT2D eigenvalue weighted by Gasteiger charge is -1.76. The van der Waals surface area contributed by atoms with Crippen molar-refractivity contribution in [3.63, 3.8) is 0 Å². The molecule has 1 aromatic heterocycles. The highest BCUT2D eigenvalue weighted by Gasteiger charge is 1.84. The van der Waals surface area contributed by atoms with Gasteiger partial charge in [-0.25, -0.2) is 0 Å². The third kappa shape index (κ3) is 1.70. The lowest BCUT2D eigenvalue weighted by Crippen LogP contribution is -1.91. The minimum absolute atomic E-state index is 0.535. The zero-order valence-electron chi connectivity index (χ0n) is 4.95. The summed E-state index contributed by atoms with van der Waals surface area (Å²) in [6.07, 6.45) is 5.15. The second-order valence-corrected chi connectivity index (χ2v) is 1.56. The Bertz CT molecular complexity index is 179. The topological polar surface area (TPSA) is 52.0 Å². The van der Waals surface area contributed by atoms with Crippen LogP contribution in [0.4, 0.5) is 0 Å². The van der Waals surface area contributed by atoms with Crippen LogP contribution in [0, 0.1) is 0 Å². The maximum atomic E-state index is 5.20. The second kappa shape index (κ2) is 3.04. The minimum Gasteiger partial charge on any atom is -0.364 e. The van der Waals surface area contributed by atoms with Crippen LogP contribution in [0.25, 0.3) is 6.08 Å². The van der Waals surface area contributed by atoms with Crippen LogP contribution in [0.15, 0.2) is 22.9 Å². The van der Waals surface area contributed by atoms with E-state index in [0.717, 1.165) is 5.69 Å². The van der Waals surface area contributed by atoms with Crippen LogP contribution < -0.4 is 5.73 Å². The molecular formula is C6H8N2O. The van der Waals surface area contributed by atoms with E-state index in [-0.39, 0.29) is 0 Å². The van der Waals surface area contributed by atoms with E-state index in [1.54, 1.807) is 6.07 Å². The van der Waals surface area contributed by atoms with Crippen molar-refractivity contribution < 1.29 is 4.52 Å². The number of rotatable bonds is 2. The Kier molecular flexibility index (Phi) is 2.04. The van der Waals surface area contributed by atoms with Gasteiger partial charge in [0.1, 0.15) is 12.0 Å². The molecule has 0 aromatic carbocycles. The molecule has 1 aromatic rings. The summed E-state index contributed by atoms with van der Waals surface area (Å²) >= 11 is 0. The van der Waals surface area contributed by atoms with Crippen molar-refractivity contribution in [3.8, 4) is 0 Å². The van der Waals surface area contributed by atoms with Gasteiger partial charge in [0, 0.05) is 12.6 Å². The van der Waals surface area contributed by atoms with E-state index in [4.69, 9.17) is 5.73 Å². The third-order valence-corrected chi connectivity index (χ3v) is 0.882. The predicted octanol–water partition coefficient (Wildman–Crippen LogP) is 0.647. The maximum Gasteiger partial charge on any atom is 0.124 e. The summed E-state index contributed by atoms with van der Waals surface area (Å²) in [5.41, 5.74) is 6.01. The predicted molar refractivity (Wildman–Crippen MR) is 34.6 cm³/mol. The molecule has 0 saturated heterocycles. The van der Waals surface area contributed by atoms with Gasteiger partial charge in [0.2, 0.25) is 0 Å². The van der Waals surface area contributed by atoms with Gasteiger partial charge < -0.3 is 10.3 Å². The van der Waals surface area contributed by atoms with Gasteiger partial charge in [-0.15, -0.1) is 0 Å². The highest BCUT2D eigenvalue weighted by Crippen LogP contribution is 1.95. The molecule has 0 bridgehead atoms. The second-order valence-electron chi connectivity index (χ2n) is 1.56. The van der Waals surface area contributed by atoms with E-state index in [2.05, 4.69) is 9.68 Å². The summed E-state index contributed by atoms with van der Waals surface area (Å²) in [6, 6.07) is 1.77. The van der Waals surface area contributed by atoms with Crippen molar-refractivity contribution in [3.05, 3.63) is 24.1 Å². The van der Waals surface area contributed by atoms with Crippen molar-refractivity contribution in [2.45, 2.75) is 0 Å². The molecule has 0 fully saturated rings. The SMILES string of the molecule is NCC=Cc1ccon1. The van der Waals surface area contributed by atoms with Crippen molar-refractivity contribution in [2.75, 3.05) is 6.54 Å². The standard InChI is InChI=1S/C6H8N2O/c7-4-1-2-6-3-5-9-8-6/h1-3,5H,4,7H2. The largest absolute Gasteiger partial charge is 0.364 e. The Balaban J connectivity index is 2.57. The number of nitrogens with two attached hydrogens (primary N) is 1. The molecule has 0 aliphatic heterocycles. The average Bonchev–Trinajstić information content (AvgIpc) is 2.34. The van der Waals surface area contributed by atoms with Gasteiger partial charge in [-0.05, 0) is 6.08 Å². The Labute approximate surface area is 53.1 Å². The Morgan fingerprint density at radius 2 is 2.67 bits per heavy atom. The fourth-order valence-electron chi connectivity index (χ4n) is 0.497. The molecule has 48 valence electrons. The van der Waals surface area contributed by atoms with Crippen LogP contribution in [-0.4, -0.2) is 11.7 Å². The van der Waals surface area contributed by atoms with Crippen molar-refractivity contribution in [1.82, 2.24) is 5.16 Å². The summed E-state index contributed by atoms with van der Waals surface area (Å²) < 4.78 is 4.57. The van der Waals surface area contributed by atoms with E-state index >= 15 is 0 Å². The van der Waals surface area contributed by atoms with Gasteiger partial charge in [-0.1, -0.05) is 11.2 Å². The van der Waals surface area contributed by atoms with Crippen molar-refractivity contribution >= 4 is 6.08 Å². The highest BCUT2D eigenvalue weighted by molar-refractivity contribution is 5.42. The first kappa shape index (κ1) is 6.04. The molecule has 0 aliphatic carbocycles. The molecule has 3 nitrogen and oxygen atoms in total. The van der Waals surface area contributed by atoms with Crippen LogP contribution in [-0.2, 0) is 0 Å². The summed E-state index contributed by atoms with van der Waals surface area (Å²) in [6.45, 7) is 0.535. The van der Waals surface area contributed by atoms with E-state index in [9.17, 15) is 0 Å². The van der Waals surface area contributed by atoms with Gasteiger partial charge >= 0.3 is 0 Å². The Hall–Kier alpha value is -1.09. The highest BCUT2D eigenvalue weighted by atomic mass is 16.5. The van der Waals surface area contributed by atoms with E-state index in [0.29, 0.717) is 6.54 Å². The minimum atomic E-state index is 0.535. The molecule has 0 radical (unpaired) electrons. The number of hydrogen-bond acceptors (Lipinski definition) is 3. The smallest absolute Gasteiger partial charge is 0.124 e. The zero-order valence-corrected chi connectivity index (χ0v) is 4.95. The molecule has 2 N–H and O–H groups in total. The maximum absolute atomic E-state index is 5.20. The molecule has 3 heteroatoms. The van der Waals surface area contributed by atoms with Crippen molar-refractivity contribution in [2.24, 2.45) is 5.73 Å². The summed E-state index contributed by atoms with van der Waals surface area (Å²) in [5, 5.41) is 3.64. The van der Waals surface area contributed by atoms with Crippen LogP contribution in [0.1, 0.15) is 5.69 Å². The molecular weight excluding hydrogens is 116 g/mol. The number of hydrogen-bond donors (Lipinski definition) is 1. The monoisotopic (exact) mass is 124 g/mol. The van der Waals surface area contributed by atoms with E-state index in [1.165, 1.54) is 6.26 Å². The molecule has 0 amide bonds. The molecule has 0 unspecified atom stereocenters. The van der Waals surface area contributed by atoms with Gasteiger partial charge in [0.15, 0.2) is 0 Å². The van der Waals surface area contributed by atoms with Crippen LogP contribution in [0.5, 0.6) is 0 Å². The summed E-state index contributed by atoms with van der Waals surface area (Å²) in [4.78, 5) is 0. The molecule has 0 atom stereocenters. The van der Waals surface area contributed by atoms with Crippen molar-refractivity contribution in [1.29, 1.82) is 0 Å². The van der Waals surface area contributed by atoms with Crippen LogP contribution >= 0.6 is 0 Å². The Morgan fingerprint density at radius 3 is 3.22 bits per heavy atom. The van der Waals surface area contributed by atoms with E-state index < -0.39 is 0 Å². The van der Waals surface area contributed by atoms with Crippen LogP contribution in [0.2, 0.25) is 0 Å². The molecule has 0 spiro atoms. The molecule has 1 heterocycles. The number of nitrogens with zero attached hydrogens (tertiary/aromatic N) is 1. The van der Waals surface area contributed by atoms with Gasteiger partial charge in [-0.2, -0.15) is 0 Å². The van der Waals surface area contributed by atoms with Crippen LogP contribution in [0.3, 0.4) is 0 Å². The average molecular weight is 124 g/mol. The first-order valence-electron chi connectivity index (χ1n) is 2.70. The zero-order chi connectivity index (χ0) is 6.53. The molecule has 9 heavy (non-hydrogen) atoms. The fourth-order valence-corrected chi connectivity index (χ4v) is 0.497. The Morgan fingerprint density at radius 1 is 1.78 bits per heavy atom. The van der Waals surface area contributed by atoms with Gasteiger partial charge in [0.05, 0.1) is 0 Å². The number of aromatic nitrogens is 1. The molecule has 0 aliphatic rings. The summed E-state index contributed by atoms with van der Waals surface area (Å²) in [7, 11) is 0. The molecule has 0 saturated carbocycles. The quantitative estimate of drug-likeness (QED) is 0.629. The normalized spacial score (nSPS) is 10.8. The lowest BCUT2D eigenvalue weighted by molar-refractivity contribution is 0.418. The summed E-state index contributed by atoms with van der Waals surface area (Å²) in [5.74, 6) is 0. The van der Waals surface area contributed by atoms with Gasteiger partial charge in [0.25, 0.3) is 0 Å². The first-order valence-corrected chi connectivity index (χ1v) is 2.70. The third-order valence-electron chi connectivity index (χ3n) is 0.882. The first-order chi connectivity index (χ1) is 4.43. The molecule has 1 rings (SSSR count). The van der Waals surface area contributed by atoms with Gasteiger partial charge in [-0.3, -0.25) is 0 Å². The lowest BCUT2D eigenvalue weighted by atomic mass is 10.4. The fraction of sp³-hybridized carbons (Fsp3) is 0.167.